The highest BCUT2D eigenvalue weighted by atomic mass is 19.1. The molecule has 0 amide bonds. The van der Waals surface area contributed by atoms with Crippen LogP contribution in [0.3, 0.4) is 0 Å². The van der Waals surface area contributed by atoms with Gasteiger partial charge in [-0.05, 0) is 42.7 Å². The minimum atomic E-state index is -0.259. The van der Waals surface area contributed by atoms with Gasteiger partial charge in [0.1, 0.15) is 5.82 Å². The predicted octanol–water partition coefficient (Wildman–Crippen LogP) is 3.13. The fourth-order valence-corrected chi connectivity index (χ4v) is 1.49. The molecule has 1 aromatic carbocycles. The van der Waals surface area contributed by atoms with E-state index in [4.69, 9.17) is 11.0 Å². The van der Waals surface area contributed by atoms with Crippen molar-refractivity contribution in [1.29, 1.82) is 5.26 Å². The molecule has 2 nitrogen and oxygen atoms in total. The van der Waals surface area contributed by atoms with Crippen LogP contribution >= 0.6 is 0 Å². The number of nitrogens with zero attached hydrogens (tertiary/aromatic N) is 1. The Bertz CT molecular complexity index is 455. The molecule has 2 N–H and O–H groups in total. The normalized spacial score (nSPS) is 11.9. The fourth-order valence-electron chi connectivity index (χ4n) is 1.49. The van der Waals surface area contributed by atoms with Crippen molar-refractivity contribution in [3.05, 3.63) is 40.7 Å². The topological polar surface area (TPSA) is 49.8 Å². The second-order valence-corrected chi connectivity index (χ2v) is 3.72. The second kappa shape index (κ2) is 5.32. The van der Waals surface area contributed by atoms with E-state index in [0.717, 1.165) is 6.42 Å². The highest BCUT2D eigenvalue weighted by Gasteiger charge is 2.06. The van der Waals surface area contributed by atoms with Crippen LogP contribution in [0, 0.1) is 24.1 Å². The molecular formula is C13H15FN2. The Morgan fingerprint density at radius 1 is 1.50 bits per heavy atom. The van der Waals surface area contributed by atoms with Crippen molar-refractivity contribution in [2.75, 3.05) is 0 Å². The third-order valence-corrected chi connectivity index (χ3v) is 2.43. The van der Waals surface area contributed by atoms with Crippen LogP contribution in [0.5, 0.6) is 0 Å². The van der Waals surface area contributed by atoms with E-state index in [-0.39, 0.29) is 5.82 Å². The van der Waals surface area contributed by atoms with Crippen LogP contribution in [-0.2, 0) is 0 Å². The number of rotatable bonds is 3. The van der Waals surface area contributed by atoms with Crippen LogP contribution in [0.15, 0.2) is 23.8 Å². The summed E-state index contributed by atoms with van der Waals surface area (Å²) in [5, 5.41) is 8.95. The van der Waals surface area contributed by atoms with Crippen LogP contribution in [0.25, 0.3) is 5.70 Å². The lowest BCUT2D eigenvalue weighted by atomic mass is 10.0. The minimum absolute atomic E-state index is 0.259. The van der Waals surface area contributed by atoms with Crippen LogP contribution in [-0.4, -0.2) is 0 Å². The van der Waals surface area contributed by atoms with Gasteiger partial charge in [0.05, 0.1) is 17.3 Å². The van der Waals surface area contributed by atoms with E-state index in [9.17, 15) is 4.39 Å². The Hall–Kier alpha value is -1.82. The van der Waals surface area contributed by atoms with Crippen molar-refractivity contribution >= 4 is 5.70 Å². The Morgan fingerprint density at radius 3 is 2.69 bits per heavy atom. The van der Waals surface area contributed by atoms with Crippen molar-refractivity contribution in [1.82, 2.24) is 0 Å². The Morgan fingerprint density at radius 2 is 2.19 bits per heavy atom. The average molecular weight is 218 g/mol. The van der Waals surface area contributed by atoms with Crippen molar-refractivity contribution < 1.29 is 4.39 Å². The Balaban J connectivity index is 3.17. The largest absolute Gasteiger partial charge is 0.397 e. The molecule has 3 heteroatoms. The zero-order chi connectivity index (χ0) is 12.1. The van der Waals surface area contributed by atoms with Gasteiger partial charge in [0, 0.05) is 0 Å². The molecule has 0 fully saturated rings. The number of allylic oxidation sites excluding steroid dienone is 1. The van der Waals surface area contributed by atoms with E-state index >= 15 is 0 Å². The number of aryl methyl sites for hydroxylation is 1. The first kappa shape index (κ1) is 12.3. The zero-order valence-electron chi connectivity index (χ0n) is 9.55. The molecule has 0 aliphatic heterocycles. The number of nitrogens with two attached hydrogens (primary N) is 1. The SMILES string of the molecule is CCC/C(C#N)=C(/N)c1ccc(F)c(C)c1. The maximum Gasteiger partial charge on any atom is 0.126 e. The first-order chi connectivity index (χ1) is 7.60. The molecule has 0 saturated heterocycles. The third-order valence-electron chi connectivity index (χ3n) is 2.43. The lowest BCUT2D eigenvalue weighted by Gasteiger charge is -2.06. The summed E-state index contributed by atoms with van der Waals surface area (Å²) in [6.07, 6.45) is 1.52. The van der Waals surface area contributed by atoms with E-state index in [1.165, 1.54) is 6.07 Å². The molecule has 0 aliphatic rings. The van der Waals surface area contributed by atoms with Gasteiger partial charge in [0.25, 0.3) is 0 Å². The van der Waals surface area contributed by atoms with Crippen LogP contribution < -0.4 is 5.73 Å². The van der Waals surface area contributed by atoms with Gasteiger partial charge in [0.15, 0.2) is 0 Å². The fraction of sp³-hybridized carbons (Fsp3) is 0.308. The molecule has 16 heavy (non-hydrogen) atoms. The number of hydrogen-bond donors (Lipinski definition) is 1. The molecule has 0 atom stereocenters. The van der Waals surface area contributed by atoms with E-state index in [1.807, 2.05) is 6.92 Å². The highest BCUT2D eigenvalue weighted by Crippen LogP contribution is 2.19. The zero-order valence-corrected chi connectivity index (χ0v) is 9.55. The number of nitriles is 1. The minimum Gasteiger partial charge on any atom is -0.397 e. The molecule has 0 heterocycles. The van der Waals surface area contributed by atoms with Gasteiger partial charge in [-0.3, -0.25) is 0 Å². The molecule has 1 aromatic rings. The second-order valence-electron chi connectivity index (χ2n) is 3.72. The quantitative estimate of drug-likeness (QED) is 0.792. The van der Waals surface area contributed by atoms with Crippen molar-refractivity contribution in [3.8, 4) is 6.07 Å². The highest BCUT2D eigenvalue weighted by molar-refractivity contribution is 5.69. The van der Waals surface area contributed by atoms with Crippen molar-refractivity contribution in [2.24, 2.45) is 5.73 Å². The first-order valence-corrected chi connectivity index (χ1v) is 5.25. The molecule has 0 aliphatic carbocycles. The van der Waals surface area contributed by atoms with Crippen LogP contribution in [0.4, 0.5) is 4.39 Å². The van der Waals surface area contributed by atoms with Gasteiger partial charge >= 0.3 is 0 Å². The summed E-state index contributed by atoms with van der Waals surface area (Å²) in [6.45, 7) is 3.67. The van der Waals surface area contributed by atoms with Crippen LogP contribution in [0.1, 0.15) is 30.9 Å². The standard InChI is InChI=1S/C13H15FN2/c1-3-4-11(8-15)13(16)10-5-6-12(14)9(2)7-10/h5-7H,3-4,16H2,1-2H3/b13-11-. The van der Waals surface area contributed by atoms with Gasteiger partial charge in [-0.25, -0.2) is 4.39 Å². The van der Waals surface area contributed by atoms with Crippen LogP contribution in [0.2, 0.25) is 0 Å². The summed E-state index contributed by atoms with van der Waals surface area (Å²) in [5.41, 5.74) is 8.15. The number of benzene rings is 1. The van der Waals surface area contributed by atoms with E-state index in [2.05, 4.69) is 6.07 Å². The molecule has 1 rings (SSSR count). The summed E-state index contributed by atoms with van der Waals surface area (Å²) in [7, 11) is 0. The van der Waals surface area contributed by atoms with Crippen molar-refractivity contribution in [3.63, 3.8) is 0 Å². The van der Waals surface area contributed by atoms with Gasteiger partial charge < -0.3 is 5.73 Å². The van der Waals surface area contributed by atoms with Gasteiger partial charge in [-0.1, -0.05) is 13.3 Å². The summed E-state index contributed by atoms with van der Waals surface area (Å²) in [5.74, 6) is -0.259. The number of halogens is 1. The van der Waals surface area contributed by atoms with E-state index in [0.29, 0.717) is 28.8 Å². The average Bonchev–Trinajstić information content (AvgIpc) is 2.28. The van der Waals surface area contributed by atoms with E-state index < -0.39 is 0 Å². The Labute approximate surface area is 95.2 Å². The lowest BCUT2D eigenvalue weighted by Crippen LogP contribution is -2.02. The monoisotopic (exact) mass is 218 g/mol. The first-order valence-electron chi connectivity index (χ1n) is 5.25. The summed E-state index contributed by atoms with van der Waals surface area (Å²) >= 11 is 0. The Kier molecular flexibility index (Phi) is 4.07. The van der Waals surface area contributed by atoms with E-state index in [1.54, 1.807) is 19.1 Å². The molecule has 0 spiro atoms. The smallest absolute Gasteiger partial charge is 0.126 e. The number of hydrogen-bond acceptors (Lipinski definition) is 2. The summed E-state index contributed by atoms with van der Waals surface area (Å²) in [4.78, 5) is 0. The molecule has 0 bridgehead atoms. The summed E-state index contributed by atoms with van der Waals surface area (Å²) < 4.78 is 13.1. The summed E-state index contributed by atoms with van der Waals surface area (Å²) in [6, 6.07) is 6.74. The molecule has 0 radical (unpaired) electrons. The molecule has 84 valence electrons. The molecule has 0 unspecified atom stereocenters. The molecular weight excluding hydrogens is 203 g/mol. The van der Waals surface area contributed by atoms with Crippen molar-refractivity contribution in [2.45, 2.75) is 26.7 Å². The maximum absolute atomic E-state index is 13.1. The van der Waals surface area contributed by atoms with Gasteiger partial charge in [-0.15, -0.1) is 0 Å². The lowest BCUT2D eigenvalue weighted by molar-refractivity contribution is 0.618. The molecule has 0 aromatic heterocycles. The maximum atomic E-state index is 13.1. The molecule has 0 saturated carbocycles. The third kappa shape index (κ3) is 2.60. The van der Waals surface area contributed by atoms with Gasteiger partial charge in [-0.2, -0.15) is 5.26 Å². The predicted molar refractivity (Wildman–Crippen MR) is 62.8 cm³/mol. The van der Waals surface area contributed by atoms with Gasteiger partial charge in [0.2, 0.25) is 0 Å².